The maximum absolute atomic E-state index is 12.7. The van der Waals surface area contributed by atoms with Crippen molar-refractivity contribution in [3.8, 4) is 5.69 Å². The zero-order chi connectivity index (χ0) is 17.6. The van der Waals surface area contributed by atoms with Gasteiger partial charge in [-0.05, 0) is 24.3 Å². The Hall–Kier alpha value is -2.85. The monoisotopic (exact) mass is 366 g/mol. The van der Waals surface area contributed by atoms with Crippen molar-refractivity contribution in [1.82, 2.24) is 9.55 Å². The van der Waals surface area contributed by atoms with Gasteiger partial charge in [0.2, 0.25) is 0 Å². The second kappa shape index (κ2) is 5.65. The molecule has 9 nitrogen and oxygen atoms in total. The van der Waals surface area contributed by atoms with Gasteiger partial charge >= 0.3 is 5.00 Å². The van der Waals surface area contributed by atoms with Crippen molar-refractivity contribution in [3.05, 3.63) is 65.7 Å². The maximum atomic E-state index is 12.7. The van der Waals surface area contributed by atoms with Gasteiger partial charge in [-0.2, -0.15) is 0 Å². The number of nitro groups is 2. The number of hydrogen-bond acceptors (Lipinski definition) is 7. The molecule has 0 aliphatic rings. The lowest BCUT2D eigenvalue weighted by atomic mass is 10.2. The third-order valence-electron chi connectivity index (χ3n) is 3.28. The van der Waals surface area contributed by atoms with Gasteiger partial charge < -0.3 is 0 Å². The molecule has 0 radical (unpaired) electrons. The standard InChI is InChI=1S/C13H7ClN4O5S/c1-6-15-12-8(5-11(24-12)18(22)23)13(19)16(6)10-3-2-7(17(20)21)4-9(10)14/h2-5H,1H3. The summed E-state index contributed by atoms with van der Waals surface area (Å²) < 4.78 is 1.17. The van der Waals surface area contributed by atoms with E-state index in [0.717, 1.165) is 23.5 Å². The average molecular weight is 367 g/mol. The first-order chi connectivity index (χ1) is 11.3. The molecule has 0 saturated carbocycles. The minimum absolute atomic E-state index is 0.000259. The van der Waals surface area contributed by atoms with E-state index in [1.165, 1.54) is 16.7 Å². The largest absolute Gasteiger partial charge is 0.326 e. The number of non-ortho nitro benzene ring substituents is 1. The Bertz CT molecular complexity index is 1070. The van der Waals surface area contributed by atoms with Crippen LogP contribution in [0.25, 0.3) is 15.9 Å². The number of nitrogens with zero attached hydrogens (tertiary/aromatic N) is 4. The molecule has 0 aliphatic heterocycles. The molecule has 2 aromatic heterocycles. The van der Waals surface area contributed by atoms with E-state index in [4.69, 9.17) is 11.6 Å². The van der Waals surface area contributed by atoms with Crippen molar-refractivity contribution >= 4 is 43.8 Å². The number of aryl methyl sites for hydroxylation is 1. The lowest BCUT2D eigenvalue weighted by Crippen LogP contribution is -2.21. The zero-order valence-corrected chi connectivity index (χ0v) is 13.5. The van der Waals surface area contributed by atoms with E-state index < -0.39 is 15.4 Å². The predicted molar refractivity (Wildman–Crippen MR) is 88.3 cm³/mol. The van der Waals surface area contributed by atoms with Crippen LogP contribution in [-0.4, -0.2) is 19.4 Å². The summed E-state index contributed by atoms with van der Waals surface area (Å²) in [4.78, 5) is 37.6. The fourth-order valence-electron chi connectivity index (χ4n) is 2.23. The van der Waals surface area contributed by atoms with Crippen LogP contribution < -0.4 is 5.56 Å². The molecule has 0 unspecified atom stereocenters. The molecule has 1 aromatic carbocycles. The van der Waals surface area contributed by atoms with Crippen LogP contribution >= 0.6 is 22.9 Å². The highest BCUT2D eigenvalue weighted by molar-refractivity contribution is 7.21. The molecule has 11 heteroatoms. The normalized spacial score (nSPS) is 10.9. The third kappa shape index (κ3) is 2.51. The highest BCUT2D eigenvalue weighted by Gasteiger charge is 2.20. The topological polar surface area (TPSA) is 121 Å². The molecule has 3 aromatic rings. The summed E-state index contributed by atoms with van der Waals surface area (Å²) >= 11 is 6.86. The molecule has 0 aliphatic carbocycles. The molecular formula is C13H7ClN4O5S. The van der Waals surface area contributed by atoms with Gasteiger partial charge in [0, 0.05) is 18.2 Å². The molecule has 0 atom stereocenters. The van der Waals surface area contributed by atoms with Gasteiger partial charge in [0.05, 0.1) is 25.9 Å². The number of thiophene rings is 1. The molecule has 122 valence electrons. The van der Waals surface area contributed by atoms with E-state index in [9.17, 15) is 25.0 Å². The number of halogens is 1. The smallest absolute Gasteiger partial charge is 0.268 e. The van der Waals surface area contributed by atoms with Crippen molar-refractivity contribution < 1.29 is 9.85 Å². The van der Waals surface area contributed by atoms with Crippen LogP contribution in [0.5, 0.6) is 0 Å². The quantitative estimate of drug-likeness (QED) is 0.518. The number of benzene rings is 1. The highest BCUT2D eigenvalue weighted by Crippen LogP contribution is 2.30. The van der Waals surface area contributed by atoms with Crippen LogP contribution in [-0.2, 0) is 0 Å². The molecule has 3 rings (SSSR count). The molecule has 0 spiro atoms. The van der Waals surface area contributed by atoms with Gasteiger partial charge in [-0.15, -0.1) is 0 Å². The Morgan fingerprint density at radius 3 is 2.50 bits per heavy atom. The minimum Gasteiger partial charge on any atom is -0.268 e. The predicted octanol–water partition coefficient (Wildman–Crippen LogP) is 3.23. The van der Waals surface area contributed by atoms with Crippen molar-refractivity contribution in [2.45, 2.75) is 6.92 Å². The number of fused-ring (bicyclic) bond motifs is 1. The third-order valence-corrected chi connectivity index (χ3v) is 4.57. The summed E-state index contributed by atoms with van der Waals surface area (Å²) in [6.45, 7) is 1.55. The van der Waals surface area contributed by atoms with Crippen LogP contribution in [0.4, 0.5) is 10.7 Å². The first kappa shape index (κ1) is 16.0. The van der Waals surface area contributed by atoms with Crippen LogP contribution in [0, 0.1) is 27.2 Å². The van der Waals surface area contributed by atoms with Gasteiger partial charge in [0.15, 0.2) is 0 Å². The molecule has 0 fully saturated rings. The van der Waals surface area contributed by atoms with Crippen molar-refractivity contribution in [3.63, 3.8) is 0 Å². The second-order valence-corrected chi connectivity index (χ2v) is 6.17. The summed E-state index contributed by atoms with van der Waals surface area (Å²) in [6.07, 6.45) is 0. The van der Waals surface area contributed by atoms with E-state index in [1.54, 1.807) is 6.92 Å². The Morgan fingerprint density at radius 2 is 1.92 bits per heavy atom. The second-order valence-electron chi connectivity index (χ2n) is 4.75. The number of nitro benzene ring substituents is 1. The lowest BCUT2D eigenvalue weighted by molar-refractivity contribution is -0.384. The fraction of sp³-hybridized carbons (Fsp3) is 0.0769. The lowest BCUT2D eigenvalue weighted by Gasteiger charge is -2.10. The van der Waals surface area contributed by atoms with Gasteiger partial charge in [0.1, 0.15) is 10.7 Å². The Labute approximate surface area is 142 Å². The SMILES string of the molecule is Cc1nc2sc([N+](=O)[O-])cc2c(=O)n1-c1ccc([N+](=O)[O-])cc1Cl. The maximum Gasteiger partial charge on any atom is 0.326 e. The number of rotatable bonds is 3. The molecule has 0 N–H and O–H groups in total. The van der Waals surface area contributed by atoms with Crippen LogP contribution in [0.15, 0.2) is 29.1 Å². The van der Waals surface area contributed by atoms with Gasteiger partial charge in [-0.25, -0.2) is 4.98 Å². The summed E-state index contributed by atoms with van der Waals surface area (Å²) in [5, 5.41) is 21.5. The Morgan fingerprint density at radius 1 is 1.21 bits per heavy atom. The molecular weight excluding hydrogens is 360 g/mol. The van der Waals surface area contributed by atoms with E-state index in [0.29, 0.717) is 0 Å². The highest BCUT2D eigenvalue weighted by atomic mass is 35.5. The Balaban J connectivity index is 2.29. The molecule has 0 amide bonds. The first-order valence-corrected chi connectivity index (χ1v) is 7.61. The number of aromatic nitrogens is 2. The summed E-state index contributed by atoms with van der Waals surface area (Å²) in [5.74, 6) is 0.264. The van der Waals surface area contributed by atoms with Crippen LogP contribution in [0.2, 0.25) is 5.02 Å². The van der Waals surface area contributed by atoms with Crippen LogP contribution in [0.3, 0.4) is 0 Å². The van der Waals surface area contributed by atoms with E-state index in [1.807, 2.05) is 0 Å². The summed E-state index contributed by atoms with van der Waals surface area (Å²) in [6, 6.07) is 4.84. The fourth-order valence-corrected chi connectivity index (χ4v) is 3.38. The molecule has 24 heavy (non-hydrogen) atoms. The zero-order valence-electron chi connectivity index (χ0n) is 11.9. The van der Waals surface area contributed by atoms with Crippen molar-refractivity contribution in [2.24, 2.45) is 0 Å². The Kier molecular flexibility index (Phi) is 3.78. The minimum atomic E-state index is -0.602. The van der Waals surface area contributed by atoms with Crippen molar-refractivity contribution in [2.75, 3.05) is 0 Å². The van der Waals surface area contributed by atoms with E-state index >= 15 is 0 Å². The number of hydrogen-bond donors (Lipinski definition) is 0. The van der Waals surface area contributed by atoms with Gasteiger partial charge in [-0.3, -0.25) is 29.6 Å². The molecule has 2 heterocycles. The van der Waals surface area contributed by atoms with E-state index in [2.05, 4.69) is 4.98 Å². The average Bonchev–Trinajstić information content (AvgIpc) is 2.93. The van der Waals surface area contributed by atoms with Gasteiger partial charge in [0.25, 0.3) is 11.2 Å². The van der Waals surface area contributed by atoms with Crippen LogP contribution in [0.1, 0.15) is 5.82 Å². The molecule has 0 bridgehead atoms. The molecule has 0 saturated heterocycles. The van der Waals surface area contributed by atoms with Crippen molar-refractivity contribution in [1.29, 1.82) is 0 Å². The summed E-state index contributed by atoms with van der Waals surface area (Å²) in [7, 11) is 0. The van der Waals surface area contributed by atoms with Gasteiger partial charge in [-0.1, -0.05) is 11.6 Å². The van der Waals surface area contributed by atoms with E-state index in [-0.39, 0.29) is 37.4 Å². The summed E-state index contributed by atoms with van der Waals surface area (Å²) in [5.41, 5.74) is -0.528. The first-order valence-electron chi connectivity index (χ1n) is 6.41.